The molecule has 2 unspecified atom stereocenters. The van der Waals surface area contributed by atoms with Crippen LogP contribution in [-0.4, -0.2) is 67.8 Å². The predicted molar refractivity (Wildman–Crippen MR) is 96.7 cm³/mol. The van der Waals surface area contributed by atoms with Crippen molar-refractivity contribution in [1.82, 2.24) is 10.2 Å². The second-order valence-corrected chi connectivity index (χ2v) is 9.19. The van der Waals surface area contributed by atoms with Gasteiger partial charge in [-0.05, 0) is 31.7 Å². The van der Waals surface area contributed by atoms with Gasteiger partial charge in [-0.3, -0.25) is 9.59 Å². The van der Waals surface area contributed by atoms with E-state index >= 15 is 0 Å². The largest absolute Gasteiger partial charge is 0.454 e. The van der Waals surface area contributed by atoms with Gasteiger partial charge < -0.3 is 15.0 Å². The molecule has 0 radical (unpaired) electrons. The highest BCUT2D eigenvalue weighted by Gasteiger charge is 2.34. The third-order valence-corrected chi connectivity index (χ3v) is 6.71. The molecule has 0 bridgehead atoms. The highest BCUT2D eigenvalue weighted by molar-refractivity contribution is 7.91. The van der Waals surface area contributed by atoms with Gasteiger partial charge >= 0.3 is 5.97 Å². The first-order chi connectivity index (χ1) is 12.2. The van der Waals surface area contributed by atoms with E-state index in [0.717, 1.165) is 0 Å². The number of esters is 1. The lowest BCUT2D eigenvalue weighted by atomic mass is 10.2. The summed E-state index contributed by atoms with van der Waals surface area (Å²) in [6.07, 6.45) is 0.392. The van der Waals surface area contributed by atoms with Gasteiger partial charge in [0.15, 0.2) is 16.4 Å². The molecule has 8 nitrogen and oxygen atoms in total. The Morgan fingerprint density at radius 1 is 1.42 bits per heavy atom. The molecule has 2 amide bonds. The monoisotopic (exact) mass is 402 g/mol. The van der Waals surface area contributed by atoms with E-state index in [2.05, 4.69) is 5.32 Å². The topological polar surface area (TPSA) is 110 Å². The fourth-order valence-corrected chi connectivity index (χ4v) is 5.09. The Morgan fingerprint density at radius 2 is 2.15 bits per heavy atom. The summed E-state index contributed by atoms with van der Waals surface area (Å²) in [7, 11) is -3.11. The number of thiophene rings is 1. The molecule has 2 heterocycles. The van der Waals surface area contributed by atoms with Gasteiger partial charge in [-0.25, -0.2) is 13.2 Å². The SMILES string of the molecule is CCN(C(=O)COC(=O)C(C)NC(=O)c1cccs1)C1CCS(=O)(=O)C1. The van der Waals surface area contributed by atoms with Crippen LogP contribution in [0.1, 0.15) is 29.9 Å². The van der Waals surface area contributed by atoms with Crippen molar-refractivity contribution in [3.8, 4) is 0 Å². The van der Waals surface area contributed by atoms with E-state index < -0.39 is 34.4 Å². The summed E-state index contributed by atoms with van der Waals surface area (Å²) >= 11 is 1.25. The van der Waals surface area contributed by atoms with Crippen LogP contribution in [0.4, 0.5) is 0 Å². The van der Waals surface area contributed by atoms with Gasteiger partial charge in [0.25, 0.3) is 11.8 Å². The first-order valence-corrected chi connectivity index (χ1v) is 10.9. The zero-order valence-electron chi connectivity index (χ0n) is 14.6. The summed E-state index contributed by atoms with van der Waals surface area (Å²) in [6.45, 7) is 3.07. The molecule has 10 heteroatoms. The molecule has 0 aliphatic carbocycles. The van der Waals surface area contributed by atoms with E-state index in [4.69, 9.17) is 4.74 Å². The number of amides is 2. The maximum Gasteiger partial charge on any atom is 0.328 e. The van der Waals surface area contributed by atoms with Crippen LogP contribution in [0.3, 0.4) is 0 Å². The molecule has 1 aromatic heterocycles. The van der Waals surface area contributed by atoms with E-state index in [1.807, 2.05) is 0 Å². The Labute approximate surface area is 156 Å². The Morgan fingerprint density at radius 3 is 2.69 bits per heavy atom. The average Bonchev–Trinajstić information content (AvgIpc) is 3.23. The van der Waals surface area contributed by atoms with Crippen LogP contribution in [0.5, 0.6) is 0 Å². The van der Waals surface area contributed by atoms with E-state index in [9.17, 15) is 22.8 Å². The number of hydrogen-bond donors (Lipinski definition) is 1. The first-order valence-electron chi connectivity index (χ1n) is 8.24. The van der Waals surface area contributed by atoms with Crippen molar-refractivity contribution in [3.63, 3.8) is 0 Å². The van der Waals surface area contributed by atoms with Crippen molar-refractivity contribution in [2.45, 2.75) is 32.4 Å². The minimum Gasteiger partial charge on any atom is -0.454 e. The van der Waals surface area contributed by atoms with Crippen LogP contribution in [0.2, 0.25) is 0 Å². The zero-order valence-corrected chi connectivity index (χ0v) is 16.3. The van der Waals surface area contributed by atoms with Gasteiger partial charge in [-0.1, -0.05) is 6.07 Å². The van der Waals surface area contributed by atoms with E-state index in [1.54, 1.807) is 24.4 Å². The van der Waals surface area contributed by atoms with Gasteiger partial charge in [0.1, 0.15) is 6.04 Å². The quantitative estimate of drug-likeness (QED) is 0.663. The van der Waals surface area contributed by atoms with Gasteiger partial charge in [0.2, 0.25) is 0 Å². The van der Waals surface area contributed by atoms with E-state index in [0.29, 0.717) is 17.8 Å². The van der Waals surface area contributed by atoms with Gasteiger partial charge in [-0.15, -0.1) is 11.3 Å². The molecular weight excluding hydrogens is 380 g/mol. The van der Waals surface area contributed by atoms with Crippen LogP contribution in [-0.2, 0) is 24.2 Å². The third-order valence-electron chi connectivity index (χ3n) is 4.09. The van der Waals surface area contributed by atoms with Crippen molar-refractivity contribution < 1.29 is 27.5 Å². The second kappa shape index (κ2) is 8.63. The fourth-order valence-electron chi connectivity index (χ4n) is 2.73. The lowest BCUT2D eigenvalue weighted by Gasteiger charge is -2.26. The first kappa shape index (κ1) is 20.4. The van der Waals surface area contributed by atoms with Crippen molar-refractivity contribution >= 4 is 39.0 Å². The minimum atomic E-state index is -3.11. The number of carbonyl (C=O) groups excluding carboxylic acids is 3. The average molecular weight is 402 g/mol. The van der Waals surface area contributed by atoms with Gasteiger partial charge in [-0.2, -0.15) is 0 Å². The molecule has 26 heavy (non-hydrogen) atoms. The molecule has 1 aliphatic heterocycles. The molecule has 144 valence electrons. The molecular formula is C16H22N2O6S2. The number of likely N-dealkylation sites (N-methyl/N-ethyl adjacent to an activating group) is 1. The van der Waals surface area contributed by atoms with Crippen LogP contribution in [0, 0.1) is 0 Å². The Hall–Kier alpha value is -1.94. The maximum absolute atomic E-state index is 12.3. The fraction of sp³-hybridized carbons (Fsp3) is 0.562. The molecule has 2 atom stereocenters. The van der Waals surface area contributed by atoms with Crippen LogP contribution >= 0.6 is 11.3 Å². The number of nitrogens with zero attached hydrogens (tertiary/aromatic N) is 1. The standard InChI is InChI=1S/C16H22N2O6S2/c1-3-18(12-6-8-26(22,23)10-12)14(19)9-24-16(21)11(2)17-15(20)13-5-4-7-25-13/h4-5,7,11-12H,3,6,8-10H2,1-2H3,(H,17,20). The van der Waals surface area contributed by atoms with Crippen LogP contribution in [0.15, 0.2) is 17.5 Å². The number of hydrogen-bond acceptors (Lipinski definition) is 7. The van der Waals surface area contributed by atoms with E-state index in [-0.39, 0.29) is 23.5 Å². The second-order valence-electron chi connectivity index (χ2n) is 6.02. The smallest absolute Gasteiger partial charge is 0.328 e. The minimum absolute atomic E-state index is 0.0617. The zero-order chi connectivity index (χ0) is 19.3. The van der Waals surface area contributed by atoms with Gasteiger partial charge in [0.05, 0.1) is 16.4 Å². The number of carbonyl (C=O) groups is 3. The molecule has 0 aromatic carbocycles. The highest BCUT2D eigenvalue weighted by Crippen LogP contribution is 2.18. The molecule has 1 fully saturated rings. The predicted octanol–water partition coefficient (Wildman–Crippen LogP) is 0.445. The lowest BCUT2D eigenvalue weighted by molar-refractivity contribution is -0.153. The molecule has 1 aromatic rings. The summed E-state index contributed by atoms with van der Waals surface area (Å²) < 4.78 is 28.1. The van der Waals surface area contributed by atoms with Crippen molar-refractivity contribution in [2.75, 3.05) is 24.7 Å². The van der Waals surface area contributed by atoms with Gasteiger partial charge in [0, 0.05) is 12.6 Å². The number of sulfone groups is 1. The summed E-state index contributed by atoms with van der Waals surface area (Å²) in [5, 5.41) is 4.26. The van der Waals surface area contributed by atoms with Crippen molar-refractivity contribution in [1.29, 1.82) is 0 Å². The number of nitrogens with one attached hydrogen (secondary N) is 1. The summed E-state index contributed by atoms with van der Waals surface area (Å²) in [5.41, 5.74) is 0. The Balaban J connectivity index is 1.83. The normalized spacial score (nSPS) is 19.5. The number of rotatable bonds is 7. The third kappa shape index (κ3) is 5.28. The molecule has 0 saturated carbocycles. The molecule has 1 aliphatic rings. The van der Waals surface area contributed by atoms with Crippen molar-refractivity contribution in [3.05, 3.63) is 22.4 Å². The van der Waals surface area contributed by atoms with Crippen LogP contribution in [0.25, 0.3) is 0 Å². The Kier molecular flexibility index (Phi) is 6.76. The maximum atomic E-state index is 12.3. The number of ether oxygens (including phenoxy) is 1. The highest BCUT2D eigenvalue weighted by atomic mass is 32.2. The molecule has 2 rings (SSSR count). The molecule has 1 saturated heterocycles. The summed E-state index contributed by atoms with van der Waals surface area (Å²) in [5.74, 6) is -1.55. The van der Waals surface area contributed by atoms with Crippen LogP contribution < -0.4 is 5.32 Å². The lowest BCUT2D eigenvalue weighted by Crippen LogP contribution is -2.45. The molecule has 1 N–H and O–H groups in total. The van der Waals surface area contributed by atoms with Crippen molar-refractivity contribution in [2.24, 2.45) is 0 Å². The summed E-state index contributed by atoms with van der Waals surface area (Å²) in [6, 6.07) is 2.08. The Bertz CT molecular complexity index is 760. The summed E-state index contributed by atoms with van der Waals surface area (Å²) in [4.78, 5) is 38.1. The molecule has 0 spiro atoms. The van der Waals surface area contributed by atoms with E-state index in [1.165, 1.54) is 23.2 Å².